The lowest BCUT2D eigenvalue weighted by Crippen LogP contribution is -2.46. The first-order chi connectivity index (χ1) is 13.5. The summed E-state index contributed by atoms with van der Waals surface area (Å²) in [7, 11) is 0. The van der Waals surface area contributed by atoms with Crippen LogP contribution in [-0.4, -0.2) is 42.8 Å². The first-order valence-electron chi connectivity index (χ1n) is 8.99. The highest BCUT2D eigenvalue weighted by molar-refractivity contribution is 8.01. The molecule has 0 N–H and O–H groups in total. The average molecular weight is 415 g/mol. The predicted octanol–water partition coefficient (Wildman–Crippen LogP) is 2.41. The smallest absolute Gasteiger partial charge is 0.330 e. The zero-order chi connectivity index (χ0) is 19.5. The summed E-state index contributed by atoms with van der Waals surface area (Å²) in [5, 5.41) is 0. The van der Waals surface area contributed by atoms with Gasteiger partial charge in [0, 0.05) is 18.2 Å². The van der Waals surface area contributed by atoms with E-state index in [2.05, 4.69) is 4.98 Å². The van der Waals surface area contributed by atoms with E-state index in [1.165, 1.54) is 17.4 Å². The maximum atomic E-state index is 12.6. The highest BCUT2D eigenvalue weighted by Crippen LogP contribution is 2.47. The van der Waals surface area contributed by atoms with Crippen LogP contribution in [0.25, 0.3) is 15.2 Å². The molecule has 0 aliphatic carbocycles. The van der Waals surface area contributed by atoms with Crippen molar-refractivity contribution >= 4 is 50.2 Å². The molecule has 1 amide bonds. The van der Waals surface area contributed by atoms with Crippen LogP contribution in [0.15, 0.2) is 35.1 Å². The third kappa shape index (κ3) is 2.64. The summed E-state index contributed by atoms with van der Waals surface area (Å²) in [5.74, 6) is 0.0919. The largest absolute Gasteiger partial charge is 0.458 e. The number of nitrogens with zero attached hydrogens (tertiary/aromatic N) is 3. The molecule has 2 aliphatic heterocycles. The molecule has 2 aromatic heterocycles. The standard InChI is InChI=1S/C19H17N3O4S2/c1-19-7-6-15(23)22(19)13(10-27-19)17(25)26-9-11-8-16(24)21-12-4-2-3-5-14(12)28-18(21)20-11/h2-5,8,13H,6-7,9-10H2,1H3/t13-,19+/m1/s1. The van der Waals surface area contributed by atoms with Gasteiger partial charge in [-0.1, -0.05) is 23.5 Å². The van der Waals surface area contributed by atoms with Crippen LogP contribution in [0.5, 0.6) is 0 Å². The van der Waals surface area contributed by atoms with Crippen LogP contribution >= 0.6 is 23.1 Å². The lowest BCUT2D eigenvalue weighted by Gasteiger charge is -2.29. The Morgan fingerprint density at radius 3 is 3.04 bits per heavy atom. The van der Waals surface area contributed by atoms with Gasteiger partial charge < -0.3 is 9.64 Å². The second kappa shape index (κ2) is 6.31. The van der Waals surface area contributed by atoms with Gasteiger partial charge in [0.2, 0.25) is 5.91 Å². The topological polar surface area (TPSA) is 81.0 Å². The fraction of sp³-hybridized carbons (Fsp3) is 0.368. The number of para-hydroxylation sites is 1. The molecule has 28 heavy (non-hydrogen) atoms. The van der Waals surface area contributed by atoms with E-state index in [4.69, 9.17) is 4.74 Å². The molecule has 3 aromatic rings. The molecule has 7 nitrogen and oxygen atoms in total. The second-order valence-electron chi connectivity index (χ2n) is 7.15. The van der Waals surface area contributed by atoms with E-state index in [-0.39, 0.29) is 22.9 Å². The maximum Gasteiger partial charge on any atom is 0.330 e. The van der Waals surface area contributed by atoms with Crippen LogP contribution in [0.2, 0.25) is 0 Å². The van der Waals surface area contributed by atoms with Gasteiger partial charge in [0.15, 0.2) is 4.96 Å². The summed E-state index contributed by atoms with van der Waals surface area (Å²) in [6.07, 6.45) is 1.22. The van der Waals surface area contributed by atoms with Crippen molar-refractivity contribution in [2.45, 2.75) is 37.3 Å². The first kappa shape index (κ1) is 17.7. The number of benzene rings is 1. The SMILES string of the molecule is C[C@]12CCC(=O)N1[C@@H](C(=O)OCc1cc(=O)n3c(n1)sc1ccccc13)CS2. The van der Waals surface area contributed by atoms with Crippen molar-refractivity contribution in [2.24, 2.45) is 0 Å². The molecular formula is C19H17N3O4S2. The second-order valence-corrected chi connectivity index (χ2v) is 9.66. The Balaban J connectivity index is 1.37. The number of thiazole rings is 1. The first-order valence-corrected chi connectivity index (χ1v) is 10.8. The highest BCUT2D eigenvalue weighted by Gasteiger charge is 2.53. The molecule has 2 aliphatic rings. The Morgan fingerprint density at radius 2 is 2.18 bits per heavy atom. The molecule has 2 atom stereocenters. The van der Waals surface area contributed by atoms with Crippen molar-refractivity contribution < 1.29 is 14.3 Å². The van der Waals surface area contributed by atoms with Gasteiger partial charge in [0.25, 0.3) is 5.56 Å². The average Bonchev–Trinajstić information content (AvgIpc) is 3.30. The maximum absolute atomic E-state index is 12.6. The van der Waals surface area contributed by atoms with Crippen LogP contribution in [-0.2, 0) is 20.9 Å². The Morgan fingerprint density at radius 1 is 1.36 bits per heavy atom. The molecule has 5 rings (SSSR count). The Bertz CT molecular complexity index is 1190. The fourth-order valence-electron chi connectivity index (χ4n) is 3.93. The zero-order valence-corrected chi connectivity index (χ0v) is 16.7. The molecular weight excluding hydrogens is 398 g/mol. The van der Waals surface area contributed by atoms with Crippen molar-refractivity contribution in [2.75, 3.05) is 5.75 Å². The minimum absolute atomic E-state index is 0.00230. The zero-order valence-electron chi connectivity index (χ0n) is 15.1. The van der Waals surface area contributed by atoms with E-state index >= 15 is 0 Å². The monoisotopic (exact) mass is 415 g/mol. The molecule has 0 unspecified atom stereocenters. The third-order valence-corrected chi connectivity index (χ3v) is 7.85. The van der Waals surface area contributed by atoms with Crippen LogP contribution in [0.3, 0.4) is 0 Å². The summed E-state index contributed by atoms with van der Waals surface area (Å²) in [6, 6.07) is 8.44. The summed E-state index contributed by atoms with van der Waals surface area (Å²) in [6.45, 7) is 1.91. The van der Waals surface area contributed by atoms with Crippen molar-refractivity contribution in [3.8, 4) is 0 Å². The van der Waals surface area contributed by atoms with Gasteiger partial charge in [-0.3, -0.25) is 14.0 Å². The molecule has 0 radical (unpaired) electrons. The number of rotatable bonds is 3. The van der Waals surface area contributed by atoms with E-state index in [1.807, 2.05) is 31.2 Å². The fourth-order valence-corrected chi connectivity index (χ4v) is 6.40. The minimum Gasteiger partial charge on any atom is -0.458 e. The van der Waals surface area contributed by atoms with Gasteiger partial charge >= 0.3 is 5.97 Å². The molecule has 0 bridgehead atoms. The molecule has 2 saturated heterocycles. The molecule has 9 heteroatoms. The lowest BCUT2D eigenvalue weighted by molar-refractivity contribution is -0.154. The van der Waals surface area contributed by atoms with Gasteiger partial charge in [0.05, 0.1) is 20.8 Å². The van der Waals surface area contributed by atoms with Crippen LogP contribution in [0.4, 0.5) is 0 Å². The molecule has 2 fully saturated rings. The van der Waals surface area contributed by atoms with Crippen LogP contribution in [0.1, 0.15) is 25.5 Å². The van der Waals surface area contributed by atoms with Crippen LogP contribution in [0, 0.1) is 0 Å². The molecule has 1 aromatic carbocycles. The molecule has 0 saturated carbocycles. The number of esters is 1. The number of carbonyl (C=O) groups excluding carboxylic acids is 2. The number of hydrogen-bond acceptors (Lipinski definition) is 7. The van der Waals surface area contributed by atoms with E-state index in [0.717, 1.165) is 16.6 Å². The molecule has 0 spiro atoms. The number of thioether (sulfide) groups is 1. The minimum atomic E-state index is -0.570. The predicted molar refractivity (Wildman–Crippen MR) is 107 cm³/mol. The molecule has 4 heterocycles. The van der Waals surface area contributed by atoms with Gasteiger partial charge in [-0.05, 0) is 25.5 Å². The van der Waals surface area contributed by atoms with E-state index in [9.17, 15) is 14.4 Å². The number of ether oxygens (including phenoxy) is 1. The van der Waals surface area contributed by atoms with Crippen LogP contribution < -0.4 is 5.56 Å². The van der Waals surface area contributed by atoms with Crippen molar-refractivity contribution in [3.63, 3.8) is 0 Å². The highest BCUT2D eigenvalue weighted by atomic mass is 32.2. The normalized spacial score (nSPS) is 24.2. The quantitative estimate of drug-likeness (QED) is 0.611. The Kier molecular flexibility index (Phi) is 3.99. The van der Waals surface area contributed by atoms with Gasteiger partial charge in [-0.25, -0.2) is 9.78 Å². The molecule has 144 valence electrons. The van der Waals surface area contributed by atoms with Gasteiger partial charge in [-0.2, -0.15) is 0 Å². The van der Waals surface area contributed by atoms with Crippen molar-refractivity contribution in [1.82, 2.24) is 14.3 Å². The Hall–Kier alpha value is -2.39. The third-order valence-electron chi connectivity index (χ3n) is 5.33. The number of carbonyl (C=O) groups is 2. The lowest BCUT2D eigenvalue weighted by atomic mass is 10.2. The Labute approximate surface area is 168 Å². The number of amides is 1. The van der Waals surface area contributed by atoms with E-state index in [1.54, 1.807) is 21.1 Å². The number of fused-ring (bicyclic) bond motifs is 4. The summed E-state index contributed by atoms with van der Waals surface area (Å²) in [4.78, 5) is 43.7. The van der Waals surface area contributed by atoms with Crippen molar-refractivity contribution in [3.05, 3.63) is 46.4 Å². The number of aromatic nitrogens is 2. The summed E-state index contributed by atoms with van der Waals surface area (Å²) >= 11 is 3.04. The van der Waals surface area contributed by atoms with Gasteiger partial charge in [0.1, 0.15) is 12.6 Å². The van der Waals surface area contributed by atoms with E-state index in [0.29, 0.717) is 22.8 Å². The van der Waals surface area contributed by atoms with Gasteiger partial charge in [-0.15, -0.1) is 11.8 Å². The summed E-state index contributed by atoms with van der Waals surface area (Å²) < 4.78 is 7.97. The van der Waals surface area contributed by atoms with Crippen molar-refractivity contribution in [1.29, 1.82) is 0 Å². The van der Waals surface area contributed by atoms with E-state index < -0.39 is 12.0 Å². The summed E-state index contributed by atoms with van der Waals surface area (Å²) in [5.41, 5.74) is 1.02. The number of hydrogen-bond donors (Lipinski definition) is 0.